The fourth-order valence-electron chi connectivity index (χ4n) is 1.63. The van der Waals surface area contributed by atoms with Crippen molar-refractivity contribution in [3.63, 3.8) is 0 Å². The molecule has 0 aliphatic heterocycles. The molecule has 0 aliphatic rings. The molecule has 86 valence electrons. The minimum absolute atomic E-state index is 0.555. The van der Waals surface area contributed by atoms with Crippen molar-refractivity contribution in [2.45, 2.75) is 6.54 Å². The highest BCUT2D eigenvalue weighted by Crippen LogP contribution is 2.16. The molecule has 0 saturated heterocycles. The van der Waals surface area contributed by atoms with Crippen LogP contribution in [0.15, 0.2) is 30.5 Å². The van der Waals surface area contributed by atoms with Crippen molar-refractivity contribution < 1.29 is 9.57 Å². The van der Waals surface area contributed by atoms with Crippen LogP contribution in [0.4, 0.5) is 0 Å². The van der Waals surface area contributed by atoms with Crippen molar-refractivity contribution in [1.29, 1.82) is 0 Å². The Labute approximate surface area is 94.5 Å². The number of H-pyrrole nitrogens is 1. The predicted molar refractivity (Wildman–Crippen MR) is 63.0 cm³/mol. The van der Waals surface area contributed by atoms with Crippen LogP contribution in [0.5, 0.6) is 0 Å². The fraction of sp³-hybridized carbons (Fsp3) is 0.333. The van der Waals surface area contributed by atoms with Gasteiger partial charge in [0.25, 0.3) is 0 Å². The number of benzene rings is 1. The Morgan fingerprint density at radius 2 is 2.19 bits per heavy atom. The van der Waals surface area contributed by atoms with Crippen molar-refractivity contribution >= 4 is 10.9 Å². The first-order valence-corrected chi connectivity index (χ1v) is 5.30. The number of methoxy groups -OCH3 is 1. The van der Waals surface area contributed by atoms with Gasteiger partial charge in [0.05, 0.1) is 13.2 Å². The van der Waals surface area contributed by atoms with E-state index < -0.39 is 0 Å². The van der Waals surface area contributed by atoms with Gasteiger partial charge in [0.15, 0.2) is 0 Å². The molecule has 4 nitrogen and oxygen atoms in total. The Morgan fingerprint density at radius 3 is 3.06 bits per heavy atom. The summed E-state index contributed by atoms with van der Waals surface area (Å²) in [5, 5.41) is 1.23. The molecule has 2 aromatic rings. The predicted octanol–water partition coefficient (Wildman–Crippen LogP) is 1.84. The van der Waals surface area contributed by atoms with Crippen LogP contribution < -0.4 is 5.48 Å². The van der Waals surface area contributed by atoms with Gasteiger partial charge in [-0.25, -0.2) is 0 Å². The Morgan fingerprint density at radius 1 is 1.25 bits per heavy atom. The van der Waals surface area contributed by atoms with Crippen molar-refractivity contribution in [3.8, 4) is 0 Å². The maximum Gasteiger partial charge on any atom is 0.0916 e. The number of ether oxygens (including phenoxy) is 1. The van der Waals surface area contributed by atoms with Gasteiger partial charge < -0.3 is 9.72 Å². The molecule has 0 spiro atoms. The second-order valence-electron chi connectivity index (χ2n) is 3.52. The molecule has 0 fully saturated rings. The molecule has 1 heterocycles. The minimum atomic E-state index is 0.555. The van der Waals surface area contributed by atoms with Crippen LogP contribution in [0.1, 0.15) is 5.56 Å². The highest BCUT2D eigenvalue weighted by molar-refractivity contribution is 5.82. The van der Waals surface area contributed by atoms with E-state index in [1.807, 2.05) is 12.3 Å². The third-order valence-corrected chi connectivity index (χ3v) is 2.44. The van der Waals surface area contributed by atoms with Crippen LogP contribution in [-0.4, -0.2) is 25.3 Å². The van der Waals surface area contributed by atoms with Crippen molar-refractivity contribution in [1.82, 2.24) is 10.5 Å². The fourth-order valence-corrected chi connectivity index (χ4v) is 1.63. The lowest BCUT2D eigenvalue weighted by molar-refractivity contribution is 0.00363. The lowest BCUT2D eigenvalue weighted by Crippen LogP contribution is -2.17. The maximum absolute atomic E-state index is 5.22. The average molecular weight is 220 g/mol. The summed E-state index contributed by atoms with van der Waals surface area (Å²) in [5.74, 6) is 0. The quantitative estimate of drug-likeness (QED) is 0.576. The number of hydroxylamine groups is 1. The molecular weight excluding hydrogens is 204 g/mol. The van der Waals surface area contributed by atoms with Gasteiger partial charge >= 0.3 is 0 Å². The number of fused-ring (bicyclic) bond motifs is 1. The van der Waals surface area contributed by atoms with Crippen LogP contribution in [0.2, 0.25) is 0 Å². The van der Waals surface area contributed by atoms with Crippen LogP contribution in [0.3, 0.4) is 0 Å². The van der Waals surface area contributed by atoms with Crippen molar-refractivity contribution in [2.75, 3.05) is 20.3 Å². The second-order valence-corrected chi connectivity index (χ2v) is 3.52. The van der Waals surface area contributed by atoms with Gasteiger partial charge in [-0.05, 0) is 17.7 Å². The molecule has 1 aromatic heterocycles. The monoisotopic (exact) mass is 220 g/mol. The van der Waals surface area contributed by atoms with E-state index in [0.717, 1.165) is 5.52 Å². The van der Waals surface area contributed by atoms with E-state index in [1.54, 1.807) is 7.11 Å². The molecular formula is C12H16N2O2. The first-order chi connectivity index (χ1) is 7.92. The van der Waals surface area contributed by atoms with Crippen molar-refractivity contribution in [2.24, 2.45) is 0 Å². The first-order valence-electron chi connectivity index (χ1n) is 5.30. The van der Waals surface area contributed by atoms with Gasteiger partial charge in [-0.15, -0.1) is 0 Å². The molecule has 0 radical (unpaired) electrons. The number of rotatable bonds is 6. The molecule has 2 rings (SSSR count). The van der Waals surface area contributed by atoms with Crippen molar-refractivity contribution in [3.05, 3.63) is 36.0 Å². The van der Waals surface area contributed by atoms with Gasteiger partial charge in [0.1, 0.15) is 0 Å². The minimum Gasteiger partial charge on any atom is -0.382 e. The Kier molecular flexibility index (Phi) is 3.93. The summed E-state index contributed by atoms with van der Waals surface area (Å²) in [4.78, 5) is 8.40. The van der Waals surface area contributed by atoms with Gasteiger partial charge in [0.2, 0.25) is 0 Å². The van der Waals surface area contributed by atoms with Crippen LogP contribution >= 0.6 is 0 Å². The molecule has 0 saturated carbocycles. The molecule has 1 aromatic carbocycles. The van der Waals surface area contributed by atoms with Gasteiger partial charge in [-0.1, -0.05) is 12.1 Å². The SMILES string of the molecule is COCCONCc1cccc2[nH]ccc12. The normalized spacial score (nSPS) is 11.1. The molecule has 16 heavy (non-hydrogen) atoms. The van der Waals surface area contributed by atoms with Crippen LogP contribution in [0, 0.1) is 0 Å². The summed E-state index contributed by atoms with van der Waals surface area (Å²) < 4.78 is 4.88. The number of nitrogens with one attached hydrogen (secondary N) is 2. The summed E-state index contributed by atoms with van der Waals surface area (Å²) in [7, 11) is 1.66. The number of hydrogen-bond donors (Lipinski definition) is 2. The van der Waals surface area contributed by atoms with Gasteiger partial charge in [-0.2, -0.15) is 5.48 Å². The topological polar surface area (TPSA) is 46.3 Å². The average Bonchev–Trinajstić information content (AvgIpc) is 2.77. The van der Waals surface area contributed by atoms with Crippen LogP contribution in [0.25, 0.3) is 10.9 Å². The third kappa shape index (κ3) is 2.61. The molecule has 0 atom stereocenters. The summed E-state index contributed by atoms with van der Waals surface area (Å²) in [5.41, 5.74) is 5.29. The molecule has 0 unspecified atom stereocenters. The second kappa shape index (κ2) is 5.65. The lowest BCUT2D eigenvalue weighted by Gasteiger charge is -2.06. The largest absolute Gasteiger partial charge is 0.382 e. The zero-order chi connectivity index (χ0) is 11.2. The van der Waals surface area contributed by atoms with E-state index in [1.165, 1.54) is 10.9 Å². The summed E-state index contributed by atoms with van der Waals surface area (Å²) >= 11 is 0. The number of aromatic amines is 1. The third-order valence-electron chi connectivity index (χ3n) is 2.44. The lowest BCUT2D eigenvalue weighted by atomic mass is 10.1. The van der Waals surface area contributed by atoms with E-state index in [2.05, 4.69) is 28.7 Å². The maximum atomic E-state index is 5.22. The molecule has 0 bridgehead atoms. The van der Waals surface area contributed by atoms with Gasteiger partial charge in [-0.3, -0.25) is 4.84 Å². The standard InChI is InChI=1S/C12H16N2O2/c1-15-7-8-16-14-9-10-3-2-4-12-11(10)5-6-13-12/h2-6,13-14H,7-9H2,1H3. The molecule has 0 amide bonds. The number of aromatic nitrogens is 1. The number of hydrogen-bond acceptors (Lipinski definition) is 3. The highest BCUT2D eigenvalue weighted by Gasteiger charge is 2.00. The zero-order valence-electron chi connectivity index (χ0n) is 9.32. The highest BCUT2D eigenvalue weighted by atomic mass is 16.7. The molecule has 0 aliphatic carbocycles. The Bertz CT molecular complexity index is 439. The Hall–Kier alpha value is -1.36. The molecule has 4 heteroatoms. The summed E-state index contributed by atoms with van der Waals surface area (Å²) in [6.07, 6.45) is 1.94. The van der Waals surface area contributed by atoms with Gasteiger partial charge in [0, 0.05) is 30.8 Å². The van der Waals surface area contributed by atoms with E-state index >= 15 is 0 Å². The summed E-state index contributed by atoms with van der Waals surface area (Å²) in [6.45, 7) is 1.85. The summed E-state index contributed by atoms with van der Waals surface area (Å²) in [6, 6.07) is 8.25. The Balaban J connectivity index is 1.91. The zero-order valence-corrected chi connectivity index (χ0v) is 9.32. The smallest absolute Gasteiger partial charge is 0.0916 e. The van der Waals surface area contributed by atoms with Crippen LogP contribution in [-0.2, 0) is 16.1 Å². The van der Waals surface area contributed by atoms with E-state index in [-0.39, 0.29) is 0 Å². The molecule has 2 N–H and O–H groups in total. The van der Waals surface area contributed by atoms with E-state index in [9.17, 15) is 0 Å². The van der Waals surface area contributed by atoms with E-state index in [4.69, 9.17) is 9.57 Å². The van der Waals surface area contributed by atoms with E-state index in [0.29, 0.717) is 19.8 Å². The first kappa shape index (κ1) is 11.1.